The second kappa shape index (κ2) is 20.8. The number of Topliss-reactive ketones (excluding diaryl/α,β-unsaturated/α-hetero) is 1. The second-order valence-corrected chi connectivity index (χ2v) is 13.2. The van der Waals surface area contributed by atoms with E-state index < -0.39 is 36.1 Å². The first-order valence-corrected chi connectivity index (χ1v) is 17.0. The number of hydrogen-bond donors (Lipinski definition) is 3. The summed E-state index contributed by atoms with van der Waals surface area (Å²) in [6.07, 6.45) is 13.1. The number of ketones is 1. The lowest BCUT2D eigenvalue weighted by atomic mass is 9.83. The van der Waals surface area contributed by atoms with E-state index in [1.165, 1.54) is 6.07 Å². The van der Waals surface area contributed by atoms with Gasteiger partial charge < -0.3 is 25.0 Å². The first-order chi connectivity index (χ1) is 23.5. The van der Waals surface area contributed by atoms with Crippen molar-refractivity contribution in [3.8, 4) is 0 Å². The molecule has 11 heteroatoms. The molecule has 276 valence electrons. The number of rotatable bonds is 17. The minimum atomic E-state index is -4.48. The van der Waals surface area contributed by atoms with Crippen LogP contribution >= 0.6 is 0 Å². The Hall–Kier alpha value is -3.80. The number of alkyl carbamates (subject to hydrolysis) is 1. The molecule has 1 aromatic rings. The van der Waals surface area contributed by atoms with Gasteiger partial charge in [-0.3, -0.25) is 9.78 Å². The first kappa shape index (κ1) is 42.4. The van der Waals surface area contributed by atoms with E-state index in [2.05, 4.69) is 29.4 Å². The topological polar surface area (TPSA) is 118 Å². The molecule has 8 nitrogen and oxygen atoms in total. The number of aromatic nitrogens is 1. The van der Waals surface area contributed by atoms with Crippen molar-refractivity contribution in [3.63, 3.8) is 0 Å². The van der Waals surface area contributed by atoms with Gasteiger partial charge in [-0.2, -0.15) is 13.2 Å². The van der Waals surface area contributed by atoms with E-state index >= 15 is 0 Å². The Labute approximate surface area is 294 Å². The molecule has 7 atom stereocenters. The van der Waals surface area contributed by atoms with E-state index in [-0.39, 0.29) is 42.6 Å². The van der Waals surface area contributed by atoms with Crippen molar-refractivity contribution < 1.29 is 42.4 Å². The summed E-state index contributed by atoms with van der Waals surface area (Å²) in [6.45, 7) is 13.3. The number of pyridine rings is 1. The van der Waals surface area contributed by atoms with E-state index in [1.807, 2.05) is 65.0 Å². The predicted molar refractivity (Wildman–Crippen MR) is 189 cm³/mol. The van der Waals surface area contributed by atoms with E-state index in [0.29, 0.717) is 18.5 Å². The van der Waals surface area contributed by atoms with E-state index in [4.69, 9.17) is 9.47 Å². The van der Waals surface area contributed by atoms with Crippen LogP contribution in [-0.4, -0.2) is 52.2 Å². The Bertz CT molecular complexity index is 1430. The SMILES string of the molecule is CC(=C/[C@H](C)C/C=C/C(C)=C/[C@@H](C)C(=O)[C@@H](C)[C@H](O)[C@@H](C)C/C(C)=C/COC(=O)NCc1ccc(C(F)(F)F)cn1)/C=C/[C@H]1CC=CC(O)O1. The zero-order valence-corrected chi connectivity index (χ0v) is 30.1. The zero-order chi connectivity index (χ0) is 37.4. The quantitative estimate of drug-likeness (QED) is 0.111. The van der Waals surface area contributed by atoms with Gasteiger partial charge in [-0.05, 0) is 76.2 Å². The molecule has 1 amide bonds. The third kappa shape index (κ3) is 15.8. The molecule has 50 heavy (non-hydrogen) atoms. The van der Waals surface area contributed by atoms with Crippen molar-refractivity contribution in [1.29, 1.82) is 0 Å². The van der Waals surface area contributed by atoms with Crippen molar-refractivity contribution in [2.24, 2.45) is 23.7 Å². The van der Waals surface area contributed by atoms with Crippen molar-refractivity contribution in [1.82, 2.24) is 10.3 Å². The molecule has 2 heterocycles. The standard InChI is InChI=1S/C39H53F3N2O6/c1-25(20-27(3)14-17-34-12-9-13-35(45)50-34)10-8-11-26(2)21-29(5)36(46)31(7)37(47)30(6)22-28(4)18-19-49-38(48)44-24-33-16-15-32(23-43-33)39(40,41)42/h8-9,11,13-18,20-21,23,25,29-31,34-35,37,45,47H,10,12,19,22,24H2,1-7H3,(H,44,48)/b11-8+,17-14+,26-21+,27-20-,28-18+/t25-,29-,30+,31-,34-,35?,37-/m1/s1. The van der Waals surface area contributed by atoms with Crippen LogP contribution in [-0.2, 0) is 27.0 Å². The largest absolute Gasteiger partial charge is 0.445 e. The number of aliphatic hydroxyl groups excluding tert-OH is 2. The lowest BCUT2D eigenvalue weighted by Gasteiger charge is -2.26. The number of nitrogens with one attached hydrogen (secondary N) is 1. The molecular weight excluding hydrogens is 649 g/mol. The molecule has 0 bridgehead atoms. The fourth-order valence-electron chi connectivity index (χ4n) is 5.52. The van der Waals surface area contributed by atoms with Gasteiger partial charge in [0, 0.05) is 18.0 Å². The number of hydrogen-bond acceptors (Lipinski definition) is 7. The van der Waals surface area contributed by atoms with Gasteiger partial charge in [0.05, 0.1) is 30.0 Å². The molecular formula is C39H53F3N2O6. The fourth-order valence-corrected chi connectivity index (χ4v) is 5.52. The molecule has 0 spiro atoms. The number of allylic oxidation sites excluding steroid dienone is 8. The summed E-state index contributed by atoms with van der Waals surface area (Å²) in [5.74, 6) is -0.936. The summed E-state index contributed by atoms with van der Waals surface area (Å²) in [5.41, 5.74) is 2.33. The minimum Gasteiger partial charge on any atom is -0.445 e. The van der Waals surface area contributed by atoms with Gasteiger partial charge in [0.1, 0.15) is 12.4 Å². The maximum atomic E-state index is 13.2. The maximum Gasteiger partial charge on any atom is 0.417 e. The van der Waals surface area contributed by atoms with Gasteiger partial charge in [-0.15, -0.1) is 0 Å². The Morgan fingerprint density at radius 3 is 2.44 bits per heavy atom. The first-order valence-electron chi connectivity index (χ1n) is 17.0. The van der Waals surface area contributed by atoms with Gasteiger partial charge in [-0.25, -0.2) is 4.79 Å². The number of halogens is 3. The van der Waals surface area contributed by atoms with Gasteiger partial charge in [0.2, 0.25) is 0 Å². The molecule has 3 N–H and O–H groups in total. The minimum absolute atomic E-state index is 0.0324. The zero-order valence-electron chi connectivity index (χ0n) is 30.1. The number of carbonyl (C=O) groups excluding carboxylic acids is 2. The summed E-state index contributed by atoms with van der Waals surface area (Å²) in [7, 11) is 0. The molecule has 1 aromatic heterocycles. The highest BCUT2D eigenvalue weighted by atomic mass is 19.4. The Kier molecular flexibility index (Phi) is 17.6. The normalized spacial score (nSPS) is 20.8. The summed E-state index contributed by atoms with van der Waals surface area (Å²) in [5, 5.41) is 23.0. The Morgan fingerprint density at radius 1 is 1.10 bits per heavy atom. The highest BCUT2D eigenvalue weighted by Crippen LogP contribution is 2.28. The number of ether oxygens (including phenoxy) is 2. The summed E-state index contributed by atoms with van der Waals surface area (Å²) in [6, 6.07) is 2.08. The van der Waals surface area contributed by atoms with Crippen LogP contribution in [0.2, 0.25) is 0 Å². The van der Waals surface area contributed by atoms with E-state index in [1.54, 1.807) is 19.1 Å². The Balaban J connectivity index is 1.76. The molecule has 0 saturated carbocycles. The molecule has 0 radical (unpaired) electrons. The number of amides is 1. The molecule has 0 aliphatic carbocycles. The van der Waals surface area contributed by atoms with Crippen molar-refractivity contribution >= 4 is 11.9 Å². The molecule has 0 aromatic carbocycles. The van der Waals surface area contributed by atoms with Gasteiger partial charge in [0.25, 0.3) is 0 Å². The average Bonchev–Trinajstić information content (AvgIpc) is 3.05. The van der Waals surface area contributed by atoms with E-state index in [0.717, 1.165) is 35.6 Å². The summed E-state index contributed by atoms with van der Waals surface area (Å²) >= 11 is 0. The average molecular weight is 703 g/mol. The van der Waals surface area contributed by atoms with Gasteiger partial charge in [-0.1, -0.05) is 86.9 Å². The lowest BCUT2D eigenvalue weighted by molar-refractivity contribution is -0.137. The number of carbonyl (C=O) groups is 2. The van der Waals surface area contributed by atoms with Crippen molar-refractivity contribution in [2.45, 2.75) is 98.9 Å². The summed E-state index contributed by atoms with van der Waals surface area (Å²) in [4.78, 5) is 28.9. The molecule has 1 unspecified atom stereocenters. The van der Waals surface area contributed by atoms with Crippen LogP contribution in [0.4, 0.5) is 18.0 Å². The molecule has 1 aliphatic rings. The van der Waals surface area contributed by atoms with Crippen LogP contribution in [0.25, 0.3) is 0 Å². The smallest absolute Gasteiger partial charge is 0.417 e. The van der Waals surface area contributed by atoms with Crippen LogP contribution in [0, 0.1) is 23.7 Å². The van der Waals surface area contributed by atoms with Crippen molar-refractivity contribution in [2.75, 3.05) is 6.61 Å². The van der Waals surface area contributed by atoms with Crippen LogP contribution in [0.1, 0.15) is 79.0 Å². The second-order valence-electron chi connectivity index (χ2n) is 13.2. The highest BCUT2D eigenvalue weighted by molar-refractivity contribution is 5.85. The Morgan fingerprint density at radius 2 is 1.80 bits per heavy atom. The number of nitrogens with zero attached hydrogens (tertiary/aromatic N) is 1. The monoisotopic (exact) mass is 702 g/mol. The molecule has 1 aliphatic heterocycles. The molecule has 2 rings (SSSR count). The van der Waals surface area contributed by atoms with Crippen LogP contribution in [0.5, 0.6) is 0 Å². The van der Waals surface area contributed by atoms with Crippen molar-refractivity contribution in [3.05, 3.63) is 101 Å². The third-order valence-electron chi connectivity index (χ3n) is 8.35. The number of alkyl halides is 3. The third-order valence-corrected chi connectivity index (χ3v) is 8.35. The lowest BCUT2D eigenvalue weighted by Crippen LogP contribution is -2.34. The fraction of sp³-hybridized carbons (Fsp3) is 0.513. The predicted octanol–water partition coefficient (Wildman–Crippen LogP) is 8.20. The van der Waals surface area contributed by atoms with Crippen LogP contribution in [0.3, 0.4) is 0 Å². The van der Waals surface area contributed by atoms with E-state index in [9.17, 15) is 33.0 Å². The molecule has 0 fully saturated rings. The number of aliphatic hydroxyl groups is 2. The van der Waals surface area contributed by atoms with Gasteiger partial charge >= 0.3 is 12.3 Å². The summed E-state index contributed by atoms with van der Waals surface area (Å²) < 4.78 is 48.6. The van der Waals surface area contributed by atoms with Crippen LogP contribution in [0.15, 0.2) is 89.7 Å². The van der Waals surface area contributed by atoms with Gasteiger partial charge in [0.15, 0.2) is 6.29 Å². The molecule has 0 saturated heterocycles. The maximum absolute atomic E-state index is 13.2. The van der Waals surface area contributed by atoms with Crippen LogP contribution < -0.4 is 5.32 Å². The highest BCUT2D eigenvalue weighted by Gasteiger charge is 2.31.